The van der Waals surface area contributed by atoms with Gasteiger partial charge in [-0.2, -0.15) is 5.10 Å². The van der Waals surface area contributed by atoms with Crippen molar-refractivity contribution in [3.63, 3.8) is 0 Å². The van der Waals surface area contributed by atoms with E-state index in [9.17, 15) is 9.18 Å². The number of benzene rings is 1. The minimum absolute atomic E-state index is 0.0484. The molecule has 2 aromatic heterocycles. The number of rotatable bonds is 5. The number of carbonyl (C=O) groups excluding carboxylic acids is 1. The maximum Gasteiger partial charge on any atom is 0.225 e. The number of nitrogens with one attached hydrogen (secondary N) is 1. The Kier molecular flexibility index (Phi) is 5.40. The Hall–Kier alpha value is -3.06. The van der Waals surface area contributed by atoms with Crippen molar-refractivity contribution >= 4 is 11.7 Å². The topological polar surface area (TPSA) is 63.1 Å². The van der Waals surface area contributed by atoms with Crippen LogP contribution in [-0.4, -0.2) is 39.2 Å². The van der Waals surface area contributed by atoms with Crippen molar-refractivity contribution < 1.29 is 9.18 Å². The van der Waals surface area contributed by atoms with Gasteiger partial charge in [0.25, 0.3) is 0 Å². The maximum atomic E-state index is 13.5. The minimum Gasteiger partial charge on any atom is -0.311 e. The van der Waals surface area contributed by atoms with Crippen LogP contribution in [-0.2, 0) is 17.9 Å². The van der Waals surface area contributed by atoms with Crippen molar-refractivity contribution in [2.24, 2.45) is 0 Å². The first-order valence-electron chi connectivity index (χ1n) is 9.85. The lowest BCUT2D eigenvalue weighted by molar-refractivity contribution is -0.116. The van der Waals surface area contributed by atoms with Crippen molar-refractivity contribution in [3.8, 4) is 22.4 Å². The molecule has 1 N–H and O–H groups in total. The number of fused-ring (bicyclic) bond motifs is 1. The monoisotopic (exact) mass is 393 g/mol. The molecule has 0 radical (unpaired) electrons. The standard InChI is InChI=1S/C22H24FN5O/c1-3-4-20(29)25-19-13-16(9-10-24-19)21-18-14-27(2)11-12-28(18)26-22(21)15-5-7-17(23)8-6-15/h5-10,13H,3-4,11-12,14H2,1-2H3,(H,24,25,29). The van der Waals surface area contributed by atoms with E-state index in [1.54, 1.807) is 18.3 Å². The molecule has 1 aliphatic heterocycles. The first-order valence-corrected chi connectivity index (χ1v) is 9.85. The van der Waals surface area contributed by atoms with E-state index in [0.29, 0.717) is 12.2 Å². The van der Waals surface area contributed by atoms with Gasteiger partial charge in [-0.15, -0.1) is 0 Å². The minimum atomic E-state index is -0.274. The summed E-state index contributed by atoms with van der Waals surface area (Å²) in [5.41, 5.74) is 4.71. The van der Waals surface area contributed by atoms with E-state index >= 15 is 0 Å². The molecule has 29 heavy (non-hydrogen) atoms. The fourth-order valence-corrected chi connectivity index (χ4v) is 3.64. The van der Waals surface area contributed by atoms with Crippen LogP contribution in [0.3, 0.4) is 0 Å². The molecule has 1 aliphatic rings. The number of amides is 1. The number of nitrogens with zero attached hydrogens (tertiary/aromatic N) is 4. The average Bonchev–Trinajstić information content (AvgIpc) is 3.07. The van der Waals surface area contributed by atoms with E-state index in [1.807, 2.05) is 23.7 Å². The molecule has 0 atom stereocenters. The van der Waals surface area contributed by atoms with Gasteiger partial charge in [0.15, 0.2) is 0 Å². The van der Waals surface area contributed by atoms with Crippen molar-refractivity contribution in [2.45, 2.75) is 32.9 Å². The highest BCUT2D eigenvalue weighted by Crippen LogP contribution is 2.37. The van der Waals surface area contributed by atoms with E-state index in [2.05, 4.69) is 22.2 Å². The molecular formula is C22H24FN5O. The van der Waals surface area contributed by atoms with Crippen LogP contribution in [0.5, 0.6) is 0 Å². The van der Waals surface area contributed by atoms with E-state index in [-0.39, 0.29) is 11.7 Å². The summed E-state index contributed by atoms with van der Waals surface area (Å²) in [5, 5.41) is 7.70. The van der Waals surface area contributed by atoms with Crippen LogP contribution in [0.2, 0.25) is 0 Å². The molecule has 150 valence electrons. The molecule has 1 aromatic carbocycles. The zero-order valence-corrected chi connectivity index (χ0v) is 16.7. The van der Waals surface area contributed by atoms with Gasteiger partial charge in [-0.1, -0.05) is 6.92 Å². The Morgan fingerprint density at radius 3 is 2.72 bits per heavy atom. The van der Waals surface area contributed by atoms with Gasteiger partial charge in [0.1, 0.15) is 17.3 Å². The Labute approximate surface area is 169 Å². The van der Waals surface area contributed by atoms with Crippen LogP contribution in [0.25, 0.3) is 22.4 Å². The van der Waals surface area contributed by atoms with Gasteiger partial charge in [-0.3, -0.25) is 14.4 Å². The Morgan fingerprint density at radius 2 is 1.97 bits per heavy atom. The normalized spacial score (nSPS) is 13.9. The second-order valence-electron chi connectivity index (χ2n) is 7.37. The third-order valence-corrected chi connectivity index (χ3v) is 5.08. The number of aromatic nitrogens is 3. The fraction of sp³-hybridized carbons (Fsp3) is 0.318. The summed E-state index contributed by atoms with van der Waals surface area (Å²) >= 11 is 0. The summed E-state index contributed by atoms with van der Waals surface area (Å²) in [4.78, 5) is 18.5. The van der Waals surface area contributed by atoms with Crippen LogP contribution >= 0.6 is 0 Å². The highest BCUT2D eigenvalue weighted by molar-refractivity contribution is 5.91. The number of anilines is 1. The van der Waals surface area contributed by atoms with Crippen LogP contribution in [0.1, 0.15) is 25.5 Å². The van der Waals surface area contributed by atoms with Gasteiger partial charge in [0, 0.05) is 36.8 Å². The van der Waals surface area contributed by atoms with Gasteiger partial charge in [0.2, 0.25) is 5.91 Å². The molecule has 0 unspecified atom stereocenters. The number of halogens is 1. The Balaban J connectivity index is 1.81. The summed E-state index contributed by atoms with van der Waals surface area (Å²) in [5.74, 6) is 0.201. The molecule has 1 amide bonds. The number of carbonyl (C=O) groups is 1. The molecule has 0 saturated carbocycles. The summed E-state index contributed by atoms with van der Waals surface area (Å²) < 4.78 is 15.5. The SMILES string of the molecule is CCCC(=O)Nc1cc(-c2c(-c3ccc(F)cc3)nn3c2CN(C)CC3)ccn1. The molecule has 0 bridgehead atoms. The number of pyridine rings is 1. The molecule has 3 aromatic rings. The van der Waals surface area contributed by atoms with Crippen molar-refractivity contribution in [3.05, 3.63) is 54.1 Å². The van der Waals surface area contributed by atoms with E-state index in [1.165, 1.54) is 12.1 Å². The summed E-state index contributed by atoms with van der Waals surface area (Å²) in [6, 6.07) is 10.2. The highest BCUT2D eigenvalue weighted by Gasteiger charge is 2.25. The Morgan fingerprint density at radius 1 is 1.17 bits per heavy atom. The molecule has 3 heterocycles. The Bertz CT molecular complexity index is 1030. The van der Waals surface area contributed by atoms with Crippen LogP contribution in [0.4, 0.5) is 10.2 Å². The smallest absolute Gasteiger partial charge is 0.225 e. The van der Waals surface area contributed by atoms with Crippen LogP contribution in [0, 0.1) is 5.82 Å². The molecule has 0 aliphatic carbocycles. The van der Waals surface area contributed by atoms with E-state index < -0.39 is 0 Å². The fourth-order valence-electron chi connectivity index (χ4n) is 3.64. The second kappa shape index (κ2) is 8.13. The molecule has 0 saturated heterocycles. The largest absolute Gasteiger partial charge is 0.311 e. The predicted octanol–water partition coefficient (Wildman–Crippen LogP) is 3.94. The molecule has 0 spiro atoms. The summed E-state index contributed by atoms with van der Waals surface area (Å²) in [6.07, 6.45) is 2.94. The van der Waals surface area contributed by atoms with Gasteiger partial charge in [-0.05, 0) is 55.4 Å². The predicted molar refractivity (Wildman–Crippen MR) is 111 cm³/mol. The number of hydrogen-bond acceptors (Lipinski definition) is 4. The zero-order valence-electron chi connectivity index (χ0n) is 16.7. The third-order valence-electron chi connectivity index (χ3n) is 5.08. The lowest BCUT2D eigenvalue weighted by atomic mass is 9.98. The first-order chi connectivity index (χ1) is 14.0. The summed E-state index contributed by atoms with van der Waals surface area (Å²) in [7, 11) is 2.08. The maximum absolute atomic E-state index is 13.5. The van der Waals surface area contributed by atoms with Crippen molar-refractivity contribution in [1.29, 1.82) is 0 Å². The van der Waals surface area contributed by atoms with E-state index in [0.717, 1.165) is 54.1 Å². The van der Waals surface area contributed by atoms with Crippen LogP contribution < -0.4 is 5.32 Å². The van der Waals surface area contributed by atoms with Gasteiger partial charge < -0.3 is 5.32 Å². The first kappa shape index (κ1) is 19.3. The average molecular weight is 393 g/mol. The molecule has 6 nitrogen and oxygen atoms in total. The van der Waals surface area contributed by atoms with Gasteiger partial charge in [-0.25, -0.2) is 9.37 Å². The van der Waals surface area contributed by atoms with Crippen molar-refractivity contribution in [2.75, 3.05) is 18.9 Å². The lowest BCUT2D eigenvalue weighted by Crippen LogP contribution is -2.30. The van der Waals surface area contributed by atoms with E-state index in [4.69, 9.17) is 5.10 Å². The van der Waals surface area contributed by atoms with Crippen molar-refractivity contribution in [1.82, 2.24) is 19.7 Å². The molecular weight excluding hydrogens is 369 g/mol. The number of likely N-dealkylation sites (N-methyl/N-ethyl adjacent to an activating group) is 1. The quantitative estimate of drug-likeness (QED) is 0.713. The molecule has 7 heteroatoms. The van der Waals surface area contributed by atoms with Gasteiger partial charge >= 0.3 is 0 Å². The van der Waals surface area contributed by atoms with Crippen LogP contribution in [0.15, 0.2) is 42.6 Å². The van der Waals surface area contributed by atoms with Gasteiger partial charge in [0.05, 0.1) is 12.2 Å². The number of hydrogen-bond donors (Lipinski definition) is 1. The second-order valence-corrected chi connectivity index (χ2v) is 7.37. The summed E-state index contributed by atoms with van der Waals surface area (Å²) in [6.45, 7) is 4.45. The molecule has 0 fully saturated rings. The molecule has 4 rings (SSSR count). The zero-order chi connectivity index (χ0) is 20.4. The lowest BCUT2D eigenvalue weighted by Gasteiger charge is -2.24. The third kappa shape index (κ3) is 4.05. The highest BCUT2D eigenvalue weighted by atomic mass is 19.1.